The molecule has 0 saturated carbocycles. The molecule has 2 rings (SSSR count). The number of Topliss-reactive ketones (excluding diaryl/α,β-unsaturated/α-hetero) is 1. The first-order chi connectivity index (χ1) is 8.70. The SMILES string of the molecule is COc1ccccc1CC(=O)c1ccc(O)cc1. The van der Waals surface area contributed by atoms with E-state index >= 15 is 0 Å². The van der Waals surface area contributed by atoms with Crippen LogP contribution < -0.4 is 4.74 Å². The van der Waals surface area contributed by atoms with Gasteiger partial charge in [-0.2, -0.15) is 0 Å². The molecule has 2 aromatic rings. The van der Waals surface area contributed by atoms with Crippen LogP contribution in [0.2, 0.25) is 0 Å². The summed E-state index contributed by atoms with van der Waals surface area (Å²) in [4.78, 5) is 12.1. The first kappa shape index (κ1) is 12.2. The number of carbonyl (C=O) groups excluding carboxylic acids is 1. The van der Waals surface area contributed by atoms with Crippen molar-refractivity contribution in [1.29, 1.82) is 0 Å². The number of para-hydroxylation sites is 1. The fourth-order valence-electron chi connectivity index (χ4n) is 1.77. The van der Waals surface area contributed by atoms with Crippen molar-refractivity contribution in [3.05, 3.63) is 59.7 Å². The number of benzene rings is 2. The molecule has 0 heterocycles. The van der Waals surface area contributed by atoms with Crippen LogP contribution >= 0.6 is 0 Å². The topological polar surface area (TPSA) is 46.5 Å². The quantitative estimate of drug-likeness (QED) is 0.838. The van der Waals surface area contributed by atoms with Gasteiger partial charge in [0.05, 0.1) is 7.11 Å². The molecule has 0 bridgehead atoms. The van der Waals surface area contributed by atoms with Gasteiger partial charge in [0.2, 0.25) is 0 Å². The van der Waals surface area contributed by atoms with Crippen molar-refractivity contribution < 1.29 is 14.6 Å². The highest BCUT2D eigenvalue weighted by Crippen LogP contribution is 2.20. The van der Waals surface area contributed by atoms with Gasteiger partial charge >= 0.3 is 0 Å². The summed E-state index contributed by atoms with van der Waals surface area (Å²) in [5.41, 5.74) is 1.44. The van der Waals surface area contributed by atoms with Crippen LogP contribution in [0.15, 0.2) is 48.5 Å². The number of rotatable bonds is 4. The van der Waals surface area contributed by atoms with Crippen molar-refractivity contribution in [3.8, 4) is 11.5 Å². The summed E-state index contributed by atoms with van der Waals surface area (Å²) in [6, 6.07) is 13.7. The predicted molar refractivity (Wildman–Crippen MR) is 69.1 cm³/mol. The summed E-state index contributed by atoms with van der Waals surface area (Å²) in [6.07, 6.45) is 0.286. The van der Waals surface area contributed by atoms with Crippen LogP contribution in [-0.4, -0.2) is 18.0 Å². The lowest BCUT2D eigenvalue weighted by molar-refractivity contribution is 0.0992. The van der Waals surface area contributed by atoms with E-state index in [-0.39, 0.29) is 18.0 Å². The third-order valence-corrected chi connectivity index (χ3v) is 2.73. The van der Waals surface area contributed by atoms with Crippen molar-refractivity contribution in [2.24, 2.45) is 0 Å². The minimum Gasteiger partial charge on any atom is -0.508 e. The molecule has 18 heavy (non-hydrogen) atoms. The number of phenols is 1. The van der Waals surface area contributed by atoms with Crippen molar-refractivity contribution in [2.75, 3.05) is 7.11 Å². The van der Waals surface area contributed by atoms with Crippen LogP contribution in [0.5, 0.6) is 11.5 Å². The summed E-state index contributed by atoms with van der Waals surface area (Å²) in [6.45, 7) is 0. The Morgan fingerprint density at radius 2 is 1.78 bits per heavy atom. The highest BCUT2D eigenvalue weighted by molar-refractivity contribution is 5.97. The van der Waals surface area contributed by atoms with E-state index in [0.29, 0.717) is 11.3 Å². The molecule has 0 amide bonds. The van der Waals surface area contributed by atoms with E-state index in [9.17, 15) is 9.90 Å². The van der Waals surface area contributed by atoms with Gasteiger partial charge in [-0.25, -0.2) is 0 Å². The summed E-state index contributed by atoms with van der Waals surface area (Å²) in [7, 11) is 1.59. The van der Waals surface area contributed by atoms with Gasteiger partial charge < -0.3 is 9.84 Å². The Labute approximate surface area is 106 Å². The predicted octanol–water partition coefficient (Wildman–Crippen LogP) is 2.83. The number of methoxy groups -OCH3 is 1. The van der Waals surface area contributed by atoms with Gasteiger partial charge in [0.25, 0.3) is 0 Å². The molecule has 92 valence electrons. The average Bonchev–Trinajstić information content (AvgIpc) is 2.40. The van der Waals surface area contributed by atoms with Crippen LogP contribution in [0.3, 0.4) is 0 Å². The monoisotopic (exact) mass is 242 g/mol. The molecule has 0 aliphatic heterocycles. The molecule has 2 aromatic carbocycles. The molecule has 0 atom stereocenters. The maximum atomic E-state index is 12.1. The molecule has 0 spiro atoms. The number of hydrogen-bond donors (Lipinski definition) is 1. The lowest BCUT2D eigenvalue weighted by Gasteiger charge is -2.07. The van der Waals surface area contributed by atoms with E-state index in [1.54, 1.807) is 19.2 Å². The Kier molecular flexibility index (Phi) is 3.63. The Bertz CT molecular complexity index is 544. The first-order valence-electron chi connectivity index (χ1n) is 5.65. The van der Waals surface area contributed by atoms with Gasteiger partial charge in [-0.1, -0.05) is 18.2 Å². The molecule has 0 radical (unpaired) electrons. The highest BCUT2D eigenvalue weighted by Gasteiger charge is 2.10. The number of aromatic hydroxyl groups is 1. The molecule has 0 aromatic heterocycles. The van der Waals surface area contributed by atoms with Gasteiger partial charge in [0, 0.05) is 17.5 Å². The lowest BCUT2D eigenvalue weighted by atomic mass is 10.0. The molecule has 0 saturated heterocycles. The Morgan fingerprint density at radius 3 is 2.44 bits per heavy atom. The molecular weight excluding hydrogens is 228 g/mol. The van der Waals surface area contributed by atoms with Gasteiger partial charge in [0.1, 0.15) is 11.5 Å². The number of ketones is 1. The maximum absolute atomic E-state index is 12.1. The van der Waals surface area contributed by atoms with Gasteiger partial charge in [-0.15, -0.1) is 0 Å². The fourth-order valence-corrected chi connectivity index (χ4v) is 1.77. The molecule has 3 heteroatoms. The fraction of sp³-hybridized carbons (Fsp3) is 0.133. The molecule has 3 nitrogen and oxygen atoms in total. The van der Waals surface area contributed by atoms with E-state index in [0.717, 1.165) is 5.56 Å². The van der Waals surface area contributed by atoms with E-state index in [1.165, 1.54) is 12.1 Å². The zero-order valence-corrected chi connectivity index (χ0v) is 10.1. The van der Waals surface area contributed by atoms with Gasteiger partial charge in [-0.3, -0.25) is 4.79 Å². The van der Waals surface area contributed by atoms with Crippen LogP contribution in [0.1, 0.15) is 15.9 Å². The maximum Gasteiger partial charge on any atom is 0.167 e. The van der Waals surface area contributed by atoms with Crippen LogP contribution in [0.4, 0.5) is 0 Å². The minimum atomic E-state index is -0.000463. The summed E-state index contributed by atoms with van der Waals surface area (Å²) in [5.74, 6) is 0.868. The minimum absolute atomic E-state index is 0.000463. The molecular formula is C15H14O3. The van der Waals surface area contributed by atoms with Gasteiger partial charge in [-0.05, 0) is 30.3 Å². The molecule has 0 unspecified atom stereocenters. The summed E-state index contributed by atoms with van der Waals surface area (Å²) < 4.78 is 5.21. The second-order valence-electron chi connectivity index (χ2n) is 3.96. The van der Waals surface area contributed by atoms with Gasteiger partial charge in [0.15, 0.2) is 5.78 Å². The molecule has 0 fully saturated rings. The molecule has 0 aliphatic rings. The third-order valence-electron chi connectivity index (χ3n) is 2.73. The summed E-state index contributed by atoms with van der Waals surface area (Å²) >= 11 is 0. The van der Waals surface area contributed by atoms with E-state index in [2.05, 4.69) is 0 Å². The van der Waals surface area contributed by atoms with Crippen molar-refractivity contribution in [1.82, 2.24) is 0 Å². The first-order valence-corrected chi connectivity index (χ1v) is 5.65. The standard InChI is InChI=1S/C15H14O3/c1-18-15-5-3-2-4-12(15)10-14(17)11-6-8-13(16)9-7-11/h2-9,16H,10H2,1H3. The van der Waals surface area contributed by atoms with E-state index in [1.807, 2.05) is 24.3 Å². The third kappa shape index (κ3) is 2.69. The number of ether oxygens (including phenoxy) is 1. The largest absolute Gasteiger partial charge is 0.508 e. The average molecular weight is 242 g/mol. The second-order valence-corrected chi connectivity index (χ2v) is 3.96. The highest BCUT2D eigenvalue weighted by atomic mass is 16.5. The Balaban J connectivity index is 2.18. The number of carbonyl (C=O) groups is 1. The van der Waals surface area contributed by atoms with Crippen LogP contribution in [0, 0.1) is 0 Å². The van der Waals surface area contributed by atoms with E-state index in [4.69, 9.17) is 4.74 Å². The second kappa shape index (κ2) is 5.36. The van der Waals surface area contributed by atoms with Crippen molar-refractivity contribution in [2.45, 2.75) is 6.42 Å². The smallest absolute Gasteiger partial charge is 0.167 e. The zero-order valence-electron chi connectivity index (χ0n) is 10.1. The van der Waals surface area contributed by atoms with Crippen molar-refractivity contribution >= 4 is 5.78 Å². The summed E-state index contributed by atoms with van der Waals surface area (Å²) in [5, 5.41) is 9.18. The normalized spacial score (nSPS) is 10.1. The Morgan fingerprint density at radius 1 is 1.11 bits per heavy atom. The Hall–Kier alpha value is -2.29. The number of phenolic OH excluding ortho intramolecular Hbond substituents is 1. The van der Waals surface area contributed by atoms with Crippen LogP contribution in [0.25, 0.3) is 0 Å². The van der Waals surface area contributed by atoms with Crippen LogP contribution in [-0.2, 0) is 6.42 Å². The van der Waals surface area contributed by atoms with E-state index < -0.39 is 0 Å². The molecule has 0 aliphatic carbocycles. The number of hydrogen-bond acceptors (Lipinski definition) is 3. The molecule has 1 N–H and O–H groups in total. The lowest BCUT2D eigenvalue weighted by Crippen LogP contribution is -2.04. The van der Waals surface area contributed by atoms with Crippen molar-refractivity contribution in [3.63, 3.8) is 0 Å². The zero-order chi connectivity index (χ0) is 13.0.